The lowest BCUT2D eigenvalue weighted by atomic mass is 10.0. The highest BCUT2D eigenvalue weighted by atomic mass is 16.6. The van der Waals surface area contributed by atoms with Crippen LogP contribution in [0.5, 0.6) is 0 Å². The molecule has 0 saturated heterocycles. The van der Waals surface area contributed by atoms with E-state index >= 15 is 0 Å². The molecular weight excluding hydrogens is 264 g/mol. The summed E-state index contributed by atoms with van der Waals surface area (Å²) in [4.78, 5) is 35.2. The van der Waals surface area contributed by atoms with Gasteiger partial charge in [-0.25, -0.2) is 4.79 Å². The van der Waals surface area contributed by atoms with Crippen molar-refractivity contribution >= 4 is 17.9 Å². The van der Waals surface area contributed by atoms with Gasteiger partial charge in [0.05, 0.1) is 19.8 Å². The van der Waals surface area contributed by atoms with Crippen LogP contribution >= 0.6 is 0 Å². The molecule has 6 heteroatoms. The second-order valence-electron chi connectivity index (χ2n) is 3.75. The molecule has 0 spiro atoms. The predicted octanol–water partition coefficient (Wildman–Crippen LogP) is 1.63. The van der Waals surface area contributed by atoms with Crippen molar-refractivity contribution in [3.05, 3.63) is 11.6 Å². The Balaban J connectivity index is 5.23. The fourth-order valence-electron chi connectivity index (χ4n) is 1.45. The second-order valence-corrected chi connectivity index (χ2v) is 3.75. The third-order valence-electron chi connectivity index (χ3n) is 2.37. The van der Waals surface area contributed by atoms with Gasteiger partial charge in [-0.1, -0.05) is 6.92 Å². The molecule has 0 heterocycles. The van der Waals surface area contributed by atoms with Crippen LogP contribution in [0.3, 0.4) is 0 Å². The molecular formula is C14H22O6. The molecule has 0 aromatic carbocycles. The molecule has 0 rings (SSSR count). The van der Waals surface area contributed by atoms with Gasteiger partial charge in [-0.2, -0.15) is 0 Å². The van der Waals surface area contributed by atoms with Gasteiger partial charge in [-0.05, 0) is 33.3 Å². The Hall–Kier alpha value is -1.85. The molecule has 0 aliphatic heterocycles. The van der Waals surface area contributed by atoms with E-state index in [4.69, 9.17) is 14.2 Å². The zero-order chi connectivity index (χ0) is 15.5. The number of rotatable bonds is 8. The van der Waals surface area contributed by atoms with E-state index in [-0.39, 0.29) is 25.4 Å². The van der Waals surface area contributed by atoms with Crippen LogP contribution in [-0.4, -0.2) is 37.7 Å². The van der Waals surface area contributed by atoms with Crippen molar-refractivity contribution in [2.45, 2.75) is 34.1 Å². The molecule has 0 aliphatic carbocycles. The van der Waals surface area contributed by atoms with Gasteiger partial charge in [0, 0.05) is 5.57 Å². The van der Waals surface area contributed by atoms with Crippen molar-refractivity contribution in [3.63, 3.8) is 0 Å². The van der Waals surface area contributed by atoms with Crippen LogP contribution in [0.1, 0.15) is 34.1 Å². The second kappa shape index (κ2) is 10.00. The van der Waals surface area contributed by atoms with Crippen molar-refractivity contribution in [3.8, 4) is 0 Å². The highest BCUT2D eigenvalue weighted by Gasteiger charge is 2.29. The summed E-state index contributed by atoms with van der Waals surface area (Å²) in [7, 11) is 0. The van der Waals surface area contributed by atoms with Crippen molar-refractivity contribution in [2.75, 3.05) is 19.8 Å². The summed E-state index contributed by atoms with van der Waals surface area (Å²) in [5.41, 5.74) is 0.248. The van der Waals surface area contributed by atoms with E-state index in [0.717, 1.165) is 0 Å². The average Bonchev–Trinajstić information content (AvgIpc) is 2.40. The Morgan fingerprint density at radius 3 is 1.65 bits per heavy atom. The predicted molar refractivity (Wildman–Crippen MR) is 71.8 cm³/mol. The van der Waals surface area contributed by atoms with Crippen molar-refractivity contribution in [1.29, 1.82) is 0 Å². The number of hydrogen-bond acceptors (Lipinski definition) is 6. The minimum absolute atomic E-state index is 0.142. The van der Waals surface area contributed by atoms with Gasteiger partial charge < -0.3 is 14.2 Å². The smallest absolute Gasteiger partial charge is 0.333 e. The third-order valence-corrected chi connectivity index (χ3v) is 2.37. The maximum absolute atomic E-state index is 11.8. The summed E-state index contributed by atoms with van der Waals surface area (Å²) in [6.45, 7) is 7.19. The number of carbonyl (C=O) groups is 3. The topological polar surface area (TPSA) is 78.9 Å². The van der Waals surface area contributed by atoms with Gasteiger partial charge in [0.1, 0.15) is 0 Å². The number of hydrogen-bond donors (Lipinski definition) is 0. The van der Waals surface area contributed by atoms with Crippen LogP contribution in [0, 0.1) is 5.92 Å². The molecule has 0 bridgehead atoms. The van der Waals surface area contributed by atoms with E-state index < -0.39 is 23.8 Å². The maximum atomic E-state index is 11.8. The summed E-state index contributed by atoms with van der Waals surface area (Å²) in [6.07, 6.45) is 1.60. The Labute approximate surface area is 119 Å². The number of carbonyl (C=O) groups excluding carboxylic acids is 3. The van der Waals surface area contributed by atoms with Crippen LogP contribution < -0.4 is 0 Å². The molecule has 0 aromatic rings. The molecule has 0 amide bonds. The molecule has 0 saturated carbocycles. The summed E-state index contributed by atoms with van der Waals surface area (Å²) in [6, 6.07) is 0. The monoisotopic (exact) mass is 286 g/mol. The molecule has 0 N–H and O–H groups in total. The molecule has 114 valence electrons. The lowest BCUT2D eigenvalue weighted by Gasteiger charge is -2.12. The highest BCUT2D eigenvalue weighted by Crippen LogP contribution is 2.13. The molecule has 0 fully saturated rings. The highest BCUT2D eigenvalue weighted by molar-refractivity contribution is 5.99. The van der Waals surface area contributed by atoms with E-state index in [1.165, 1.54) is 6.08 Å². The quantitative estimate of drug-likeness (QED) is 0.292. The first-order valence-corrected chi connectivity index (χ1v) is 6.72. The van der Waals surface area contributed by atoms with Crippen LogP contribution in [0.15, 0.2) is 11.6 Å². The van der Waals surface area contributed by atoms with Gasteiger partial charge in [-0.3, -0.25) is 9.59 Å². The van der Waals surface area contributed by atoms with Crippen molar-refractivity contribution in [1.82, 2.24) is 0 Å². The van der Waals surface area contributed by atoms with Gasteiger partial charge in [0.15, 0.2) is 5.92 Å². The van der Waals surface area contributed by atoms with Gasteiger partial charge in [0.2, 0.25) is 0 Å². The summed E-state index contributed by atoms with van der Waals surface area (Å²) >= 11 is 0. The van der Waals surface area contributed by atoms with Crippen LogP contribution in [-0.2, 0) is 28.6 Å². The number of ether oxygens (including phenoxy) is 3. The average molecular weight is 286 g/mol. The maximum Gasteiger partial charge on any atom is 0.333 e. The largest absolute Gasteiger partial charge is 0.465 e. The van der Waals surface area contributed by atoms with Gasteiger partial charge in [-0.15, -0.1) is 0 Å². The zero-order valence-electron chi connectivity index (χ0n) is 12.4. The molecule has 0 unspecified atom stereocenters. The minimum atomic E-state index is -1.24. The van der Waals surface area contributed by atoms with E-state index in [1.807, 2.05) is 0 Å². The van der Waals surface area contributed by atoms with E-state index in [1.54, 1.807) is 27.7 Å². The SMILES string of the molecule is CCOC(=O)/C(=C/C(C(=O)OCC)C(=O)OCC)CC. The lowest BCUT2D eigenvalue weighted by Crippen LogP contribution is -2.27. The van der Waals surface area contributed by atoms with E-state index in [9.17, 15) is 14.4 Å². The Bertz CT molecular complexity index is 354. The first-order valence-electron chi connectivity index (χ1n) is 6.72. The summed E-state index contributed by atoms with van der Waals surface area (Å²) in [5.74, 6) is -3.26. The van der Waals surface area contributed by atoms with Gasteiger partial charge >= 0.3 is 17.9 Å². The molecule has 6 nitrogen and oxygen atoms in total. The molecule has 20 heavy (non-hydrogen) atoms. The van der Waals surface area contributed by atoms with E-state index in [2.05, 4.69) is 0 Å². The lowest BCUT2D eigenvalue weighted by molar-refractivity contribution is -0.158. The fourth-order valence-corrected chi connectivity index (χ4v) is 1.45. The first-order chi connectivity index (χ1) is 9.51. The van der Waals surface area contributed by atoms with Crippen LogP contribution in [0.4, 0.5) is 0 Å². The zero-order valence-corrected chi connectivity index (χ0v) is 12.4. The van der Waals surface area contributed by atoms with Crippen LogP contribution in [0.2, 0.25) is 0 Å². The summed E-state index contributed by atoms with van der Waals surface area (Å²) < 4.78 is 14.5. The third kappa shape index (κ3) is 5.86. The minimum Gasteiger partial charge on any atom is -0.465 e. The molecule has 0 atom stereocenters. The molecule has 0 radical (unpaired) electrons. The van der Waals surface area contributed by atoms with Crippen LogP contribution in [0.25, 0.3) is 0 Å². The van der Waals surface area contributed by atoms with E-state index in [0.29, 0.717) is 6.42 Å². The Morgan fingerprint density at radius 2 is 1.30 bits per heavy atom. The fraction of sp³-hybridized carbons (Fsp3) is 0.643. The Kier molecular flexibility index (Phi) is 9.07. The first kappa shape index (κ1) is 18.1. The standard InChI is InChI=1S/C14H22O6/c1-5-10(12(15)18-6-2)9-11(13(16)19-7-3)14(17)20-8-4/h9,11H,5-8H2,1-4H3/b10-9+. The summed E-state index contributed by atoms with van der Waals surface area (Å²) in [5, 5.41) is 0. The molecule has 0 aliphatic rings. The Morgan fingerprint density at radius 1 is 0.850 bits per heavy atom. The normalized spacial score (nSPS) is 11.2. The van der Waals surface area contributed by atoms with Crippen molar-refractivity contribution < 1.29 is 28.6 Å². The molecule has 0 aromatic heterocycles. The van der Waals surface area contributed by atoms with Gasteiger partial charge in [0.25, 0.3) is 0 Å². The number of esters is 3. The van der Waals surface area contributed by atoms with Crippen molar-refractivity contribution in [2.24, 2.45) is 5.92 Å².